The molecule has 3 aromatic carbocycles. The van der Waals surface area contributed by atoms with Crippen LogP contribution in [0.2, 0.25) is 0 Å². The van der Waals surface area contributed by atoms with Gasteiger partial charge in [-0.15, -0.1) is 0 Å². The summed E-state index contributed by atoms with van der Waals surface area (Å²) in [5.74, 6) is 2.43. The zero-order valence-electron chi connectivity index (χ0n) is 18.2. The second-order valence-electron chi connectivity index (χ2n) is 8.10. The van der Waals surface area contributed by atoms with Crippen molar-refractivity contribution in [3.05, 3.63) is 96.1 Å². The Morgan fingerprint density at radius 2 is 1.67 bits per heavy atom. The fourth-order valence-electron chi connectivity index (χ4n) is 4.05. The second-order valence-corrected chi connectivity index (χ2v) is 8.10. The third-order valence-electron chi connectivity index (χ3n) is 5.72. The van der Waals surface area contributed by atoms with Crippen LogP contribution in [0.15, 0.2) is 84.9 Å². The summed E-state index contributed by atoms with van der Waals surface area (Å²) >= 11 is 0. The van der Waals surface area contributed by atoms with Crippen molar-refractivity contribution in [1.29, 1.82) is 0 Å². The van der Waals surface area contributed by atoms with E-state index in [1.165, 1.54) is 5.56 Å². The molecule has 3 heterocycles. The van der Waals surface area contributed by atoms with E-state index in [0.29, 0.717) is 6.54 Å². The Hall–Kier alpha value is -4.32. The van der Waals surface area contributed by atoms with Gasteiger partial charge in [0.2, 0.25) is 6.79 Å². The summed E-state index contributed by atoms with van der Waals surface area (Å²) in [6.45, 7) is 2.97. The number of aromatic nitrogens is 3. The number of fused-ring (bicyclic) bond motifs is 2. The van der Waals surface area contributed by atoms with E-state index in [2.05, 4.69) is 48.6 Å². The van der Waals surface area contributed by atoms with E-state index in [-0.39, 0.29) is 6.79 Å². The standard InChI is InChI=1S/C27H22N4O2/c1-18-6-5-9-21(12-18)23-15-27-29-22(20-7-3-2-4-8-20)14-26(31(27)30-23)28-16-19-10-11-24-25(13-19)33-17-32-24/h2-15,28H,16-17H2,1H3. The van der Waals surface area contributed by atoms with E-state index in [9.17, 15) is 0 Å². The quantitative estimate of drug-likeness (QED) is 0.384. The first-order valence-electron chi connectivity index (χ1n) is 10.9. The molecule has 0 atom stereocenters. The third kappa shape index (κ3) is 3.76. The van der Waals surface area contributed by atoms with Gasteiger partial charge in [-0.1, -0.05) is 60.2 Å². The van der Waals surface area contributed by atoms with Gasteiger partial charge < -0.3 is 14.8 Å². The Balaban J connectivity index is 1.41. The van der Waals surface area contributed by atoms with Crippen molar-refractivity contribution in [1.82, 2.24) is 14.6 Å². The molecule has 0 saturated heterocycles. The van der Waals surface area contributed by atoms with Crippen LogP contribution in [0, 0.1) is 6.92 Å². The van der Waals surface area contributed by atoms with Crippen molar-refractivity contribution in [3.63, 3.8) is 0 Å². The molecule has 5 aromatic rings. The van der Waals surface area contributed by atoms with E-state index in [4.69, 9.17) is 19.6 Å². The number of hydrogen-bond acceptors (Lipinski definition) is 5. The van der Waals surface area contributed by atoms with Crippen molar-refractivity contribution in [2.75, 3.05) is 12.1 Å². The summed E-state index contributed by atoms with van der Waals surface area (Å²) in [6, 6.07) is 28.6. The molecule has 33 heavy (non-hydrogen) atoms. The fraction of sp³-hybridized carbons (Fsp3) is 0.111. The van der Waals surface area contributed by atoms with Crippen LogP contribution in [0.3, 0.4) is 0 Å². The Bertz CT molecular complexity index is 1460. The van der Waals surface area contributed by atoms with Crippen LogP contribution in [-0.2, 0) is 6.54 Å². The van der Waals surface area contributed by atoms with Gasteiger partial charge in [0.1, 0.15) is 5.82 Å². The molecule has 0 bridgehead atoms. The molecular weight excluding hydrogens is 412 g/mol. The Kier molecular flexibility index (Phi) is 4.69. The number of ether oxygens (including phenoxy) is 2. The van der Waals surface area contributed by atoms with Gasteiger partial charge in [0.05, 0.1) is 11.4 Å². The van der Waals surface area contributed by atoms with Crippen LogP contribution in [0.1, 0.15) is 11.1 Å². The van der Waals surface area contributed by atoms with Gasteiger partial charge in [-0.05, 0) is 30.7 Å². The summed E-state index contributed by atoms with van der Waals surface area (Å²) in [7, 11) is 0. The maximum atomic E-state index is 5.52. The van der Waals surface area contributed by atoms with Gasteiger partial charge in [-0.3, -0.25) is 0 Å². The predicted octanol–water partition coefficient (Wildman–Crippen LogP) is 5.71. The van der Waals surface area contributed by atoms with Gasteiger partial charge in [0, 0.05) is 29.8 Å². The zero-order valence-corrected chi connectivity index (χ0v) is 18.2. The molecule has 1 aliphatic rings. The van der Waals surface area contributed by atoms with Gasteiger partial charge in [0.25, 0.3) is 0 Å². The van der Waals surface area contributed by atoms with Crippen molar-refractivity contribution < 1.29 is 9.47 Å². The lowest BCUT2D eigenvalue weighted by atomic mass is 10.1. The highest BCUT2D eigenvalue weighted by Crippen LogP contribution is 2.33. The largest absolute Gasteiger partial charge is 0.454 e. The second kappa shape index (κ2) is 7.98. The average molecular weight is 434 g/mol. The summed E-state index contributed by atoms with van der Waals surface area (Å²) in [6.07, 6.45) is 0. The number of aryl methyl sites for hydroxylation is 1. The molecule has 6 nitrogen and oxygen atoms in total. The summed E-state index contributed by atoms with van der Waals surface area (Å²) in [4.78, 5) is 4.90. The summed E-state index contributed by atoms with van der Waals surface area (Å²) in [5.41, 5.74) is 7.00. The number of benzene rings is 3. The fourth-order valence-corrected chi connectivity index (χ4v) is 4.05. The monoisotopic (exact) mass is 434 g/mol. The molecule has 0 amide bonds. The minimum Gasteiger partial charge on any atom is -0.454 e. The number of rotatable bonds is 5. The molecule has 0 aliphatic carbocycles. The first-order valence-corrected chi connectivity index (χ1v) is 10.9. The minimum absolute atomic E-state index is 0.270. The summed E-state index contributed by atoms with van der Waals surface area (Å²) in [5, 5.41) is 8.42. The molecule has 0 unspecified atom stereocenters. The van der Waals surface area contributed by atoms with E-state index in [1.807, 2.05) is 53.0 Å². The molecule has 6 rings (SSSR count). The lowest BCUT2D eigenvalue weighted by molar-refractivity contribution is 0.174. The zero-order chi connectivity index (χ0) is 22.2. The molecule has 0 saturated carbocycles. The first-order chi connectivity index (χ1) is 16.2. The maximum Gasteiger partial charge on any atom is 0.231 e. The topological polar surface area (TPSA) is 60.7 Å². The molecule has 162 valence electrons. The highest BCUT2D eigenvalue weighted by molar-refractivity contribution is 5.71. The van der Waals surface area contributed by atoms with Gasteiger partial charge >= 0.3 is 0 Å². The lowest BCUT2D eigenvalue weighted by Gasteiger charge is -2.11. The van der Waals surface area contributed by atoms with Gasteiger partial charge in [0.15, 0.2) is 17.1 Å². The molecule has 6 heteroatoms. The first kappa shape index (κ1) is 19.4. The van der Waals surface area contributed by atoms with E-state index >= 15 is 0 Å². The molecule has 1 aliphatic heterocycles. The SMILES string of the molecule is Cc1cccc(-c2cc3nc(-c4ccccc4)cc(NCc4ccc5c(c4)OCO5)n3n2)c1. The number of hydrogen-bond donors (Lipinski definition) is 1. The normalized spacial score (nSPS) is 12.3. The van der Waals surface area contributed by atoms with Gasteiger partial charge in [-0.2, -0.15) is 9.61 Å². The average Bonchev–Trinajstić information content (AvgIpc) is 3.50. The van der Waals surface area contributed by atoms with Crippen molar-refractivity contribution in [2.24, 2.45) is 0 Å². The molecule has 2 aromatic heterocycles. The molecule has 0 fully saturated rings. The Morgan fingerprint density at radius 3 is 2.55 bits per heavy atom. The van der Waals surface area contributed by atoms with Crippen LogP contribution >= 0.6 is 0 Å². The smallest absolute Gasteiger partial charge is 0.231 e. The van der Waals surface area contributed by atoms with E-state index in [1.54, 1.807) is 0 Å². The molecule has 0 spiro atoms. The maximum absolute atomic E-state index is 5.52. The molecule has 1 N–H and O–H groups in total. The Labute approximate surface area is 191 Å². The van der Waals surface area contributed by atoms with Crippen molar-refractivity contribution in [2.45, 2.75) is 13.5 Å². The third-order valence-corrected chi connectivity index (χ3v) is 5.72. The summed E-state index contributed by atoms with van der Waals surface area (Å²) < 4.78 is 12.8. The van der Waals surface area contributed by atoms with Crippen molar-refractivity contribution in [3.8, 4) is 34.0 Å². The number of nitrogens with one attached hydrogen (secondary N) is 1. The Morgan fingerprint density at radius 1 is 0.818 bits per heavy atom. The number of anilines is 1. The molecular formula is C27H22N4O2. The minimum atomic E-state index is 0.270. The van der Waals surface area contributed by atoms with Crippen LogP contribution in [0.25, 0.3) is 28.2 Å². The van der Waals surface area contributed by atoms with E-state index in [0.717, 1.165) is 51.0 Å². The lowest BCUT2D eigenvalue weighted by Crippen LogP contribution is -2.06. The van der Waals surface area contributed by atoms with Crippen LogP contribution in [0.5, 0.6) is 11.5 Å². The van der Waals surface area contributed by atoms with Crippen LogP contribution in [-0.4, -0.2) is 21.4 Å². The van der Waals surface area contributed by atoms with E-state index < -0.39 is 0 Å². The molecule has 0 radical (unpaired) electrons. The predicted molar refractivity (Wildman–Crippen MR) is 128 cm³/mol. The van der Waals surface area contributed by atoms with Crippen LogP contribution in [0.4, 0.5) is 5.82 Å². The van der Waals surface area contributed by atoms with Crippen molar-refractivity contribution >= 4 is 11.5 Å². The highest BCUT2D eigenvalue weighted by atomic mass is 16.7. The van der Waals surface area contributed by atoms with Gasteiger partial charge in [-0.25, -0.2) is 4.98 Å². The number of nitrogens with zero attached hydrogens (tertiary/aromatic N) is 3. The van der Waals surface area contributed by atoms with Crippen LogP contribution < -0.4 is 14.8 Å². The highest BCUT2D eigenvalue weighted by Gasteiger charge is 2.15.